The fourth-order valence-electron chi connectivity index (χ4n) is 2.60. The van der Waals surface area contributed by atoms with Gasteiger partial charge in [-0.05, 0) is 57.0 Å². The van der Waals surface area contributed by atoms with Crippen LogP contribution < -0.4 is 10.6 Å². The van der Waals surface area contributed by atoms with Crippen LogP contribution in [0, 0.1) is 12.8 Å². The highest BCUT2D eigenvalue weighted by molar-refractivity contribution is 5.94. The lowest BCUT2D eigenvalue weighted by molar-refractivity contribution is -0.120. The second-order valence-corrected chi connectivity index (χ2v) is 5.40. The lowest BCUT2D eigenvalue weighted by atomic mass is 9.92. The van der Waals surface area contributed by atoms with Crippen LogP contribution in [0.3, 0.4) is 0 Å². The molecular weight excluding hydrogens is 256 g/mol. The summed E-state index contributed by atoms with van der Waals surface area (Å²) in [6.45, 7) is 4.66. The van der Waals surface area contributed by atoms with Gasteiger partial charge in [0.2, 0.25) is 5.91 Å². The Balaban J connectivity index is 2.04. The smallest absolute Gasteiger partial charge is 0.335 e. The van der Waals surface area contributed by atoms with Crippen molar-refractivity contribution in [2.45, 2.75) is 32.7 Å². The Hall–Kier alpha value is -1.88. The molecule has 1 amide bonds. The first-order chi connectivity index (χ1) is 9.47. The molecule has 1 aromatic carbocycles. The molecule has 1 heterocycles. The third-order valence-corrected chi connectivity index (χ3v) is 3.72. The molecule has 20 heavy (non-hydrogen) atoms. The lowest BCUT2D eigenvalue weighted by Crippen LogP contribution is -2.40. The number of anilines is 1. The van der Waals surface area contributed by atoms with Gasteiger partial charge in [-0.3, -0.25) is 4.79 Å². The summed E-state index contributed by atoms with van der Waals surface area (Å²) in [5, 5.41) is 15.2. The first-order valence-corrected chi connectivity index (χ1v) is 6.85. The van der Waals surface area contributed by atoms with E-state index in [1.54, 1.807) is 19.1 Å². The molecule has 2 rings (SSSR count). The zero-order chi connectivity index (χ0) is 14.7. The van der Waals surface area contributed by atoms with Gasteiger partial charge in [-0.15, -0.1) is 0 Å². The van der Waals surface area contributed by atoms with Crippen LogP contribution in [0.25, 0.3) is 0 Å². The number of aromatic carboxylic acids is 1. The molecule has 0 saturated carbocycles. The van der Waals surface area contributed by atoms with Gasteiger partial charge in [0.05, 0.1) is 5.56 Å². The third kappa shape index (κ3) is 3.36. The Morgan fingerprint density at radius 2 is 2.15 bits per heavy atom. The molecule has 2 atom stereocenters. The number of carbonyl (C=O) groups is 2. The Morgan fingerprint density at radius 3 is 2.75 bits per heavy atom. The summed E-state index contributed by atoms with van der Waals surface area (Å²) < 4.78 is 0. The largest absolute Gasteiger partial charge is 0.478 e. The van der Waals surface area contributed by atoms with E-state index >= 15 is 0 Å². The average molecular weight is 276 g/mol. The van der Waals surface area contributed by atoms with Gasteiger partial charge in [-0.2, -0.15) is 0 Å². The third-order valence-electron chi connectivity index (χ3n) is 3.72. The van der Waals surface area contributed by atoms with E-state index in [2.05, 4.69) is 17.6 Å². The minimum absolute atomic E-state index is 0.0147. The van der Waals surface area contributed by atoms with Crippen LogP contribution in [0.2, 0.25) is 0 Å². The Labute approximate surface area is 118 Å². The normalized spacial score (nSPS) is 22.3. The van der Waals surface area contributed by atoms with Crippen LogP contribution in [0.1, 0.15) is 35.7 Å². The number of carboxylic acid groups (broad SMARTS) is 1. The molecule has 108 valence electrons. The SMILES string of the molecule is Cc1cc(NC(=O)C2CCNC(C)C2)ccc1C(=O)O. The van der Waals surface area contributed by atoms with E-state index in [0.717, 1.165) is 19.4 Å². The number of carbonyl (C=O) groups excluding carboxylic acids is 1. The van der Waals surface area contributed by atoms with Crippen molar-refractivity contribution < 1.29 is 14.7 Å². The highest BCUT2D eigenvalue weighted by Crippen LogP contribution is 2.20. The molecule has 1 saturated heterocycles. The van der Waals surface area contributed by atoms with Gasteiger partial charge in [0, 0.05) is 17.6 Å². The molecule has 5 heteroatoms. The number of carboxylic acids is 1. The molecule has 1 aliphatic rings. The maximum Gasteiger partial charge on any atom is 0.335 e. The number of hydrogen-bond donors (Lipinski definition) is 3. The van der Waals surface area contributed by atoms with E-state index in [1.165, 1.54) is 6.07 Å². The van der Waals surface area contributed by atoms with Crippen LogP contribution in [-0.4, -0.2) is 29.6 Å². The Morgan fingerprint density at radius 1 is 1.40 bits per heavy atom. The fourth-order valence-corrected chi connectivity index (χ4v) is 2.60. The summed E-state index contributed by atoms with van der Waals surface area (Å²) in [5.41, 5.74) is 1.57. The summed E-state index contributed by atoms with van der Waals surface area (Å²) in [4.78, 5) is 23.1. The first-order valence-electron chi connectivity index (χ1n) is 6.85. The van der Waals surface area contributed by atoms with Gasteiger partial charge < -0.3 is 15.7 Å². The number of nitrogens with one attached hydrogen (secondary N) is 2. The van der Waals surface area contributed by atoms with Crippen molar-refractivity contribution in [1.29, 1.82) is 0 Å². The van der Waals surface area contributed by atoms with Crippen molar-refractivity contribution in [2.75, 3.05) is 11.9 Å². The van der Waals surface area contributed by atoms with Crippen LogP contribution in [0.5, 0.6) is 0 Å². The van der Waals surface area contributed by atoms with Crippen LogP contribution in [-0.2, 0) is 4.79 Å². The summed E-state index contributed by atoms with van der Waals surface area (Å²) in [7, 11) is 0. The average Bonchev–Trinajstić information content (AvgIpc) is 2.38. The summed E-state index contributed by atoms with van der Waals surface area (Å²) >= 11 is 0. The van der Waals surface area contributed by atoms with Crippen LogP contribution in [0.15, 0.2) is 18.2 Å². The number of rotatable bonds is 3. The molecule has 0 radical (unpaired) electrons. The van der Waals surface area contributed by atoms with Crippen molar-refractivity contribution in [3.63, 3.8) is 0 Å². The zero-order valence-electron chi connectivity index (χ0n) is 11.8. The Bertz CT molecular complexity index is 528. The van der Waals surface area contributed by atoms with Crippen LogP contribution in [0.4, 0.5) is 5.69 Å². The standard InChI is InChI=1S/C15H20N2O3/c1-9-7-12(3-4-13(9)15(19)20)17-14(18)11-5-6-16-10(2)8-11/h3-4,7,10-11,16H,5-6,8H2,1-2H3,(H,17,18)(H,19,20). The molecule has 3 N–H and O–H groups in total. The second-order valence-electron chi connectivity index (χ2n) is 5.40. The van der Waals surface area contributed by atoms with E-state index < -0.39 is 5.97 Å². The predicted molar refractivity (Wildman–Crippen MR) is 77.0 cm³/mol. The minimum atomic E-state index is -0.951. The van der Waals surface area contributed by atoms with Crippen molar-refractivity contribution in [3.8, 4) is 0 Å². The molecule has 0 aromatic heterocycles. The fraction of sp³-hybridized carbons (Fsp3) is 0.467. The predicted octanol–water partition coefficient (Wildman–Crippen LogP) is 2.02. The Kier molecular flexibility index (Phi) is 4.39. The number of aryl methyl sites for hydroxylation is 1. The number of benzene rings is 1. The van der Waals surface area contributed by atoms with Crippen molar-refractivity contribution >= 4 is 17.6 Å². The van der Waals surface area contributed by atoms with Gasteiger partial charge >= 0.3 is 5.97 Å². The second kappa shape index (κ2) is 6.05. The lowest BCUT2D eigenvalue weighted by Gasteiger charge is -2.27. The summed E-state index contributed by atoms with van der Waals surface area (Å²) in [5.74, 6) is -0.918. The van der Waals surface area contributed by atoms with E-state index in [0.29, 0.717) is 17.3 Å². The molecule has 1 aromatic rings. The van der Waals surface area contributed by atoms with E-state index in [9.17, 15) is 9.59 Å². The van der Waals surface area contributed by atoms with E-state index in [1.807, 2.05) is 0 Å². The quantitative estimate of drug-likeness (QED) is 0.789. The highest BCUT2D eigenvalue weighted by atomic mass is 16.4. The zero-order valence-corrected chi connectivity index (χ0v) is 11.8. The topological polar surface area (TPSA) is 78.4 Å². The molecule has 0 aliphatic carbocycles. The van der Waals surface area contributed by atoms with Crippen molar-refractivity contribution in [3.05, 3.63) is 29.3 Å². The molecule has 2 unspecified atom stereocenters. The van der Waals surface area contributed by atoms with E-state index in [4.69, 9.17) is 5.11 Å². The van der Waals surface area contributed by atoms with Crippen LogP contribution >= 0.6 is 0 Å². The molecule has 1 fully saturated rings. The molecular formula is C15H20N2O3. The summed E-state index contributed by atoms with van der Waals surface area (Å²) in [6.07, 6.45) is 1.67. The maximum absolute atomic E-state index is 12.2. The van der Waals surface area contributed by atoms with Gasteiger partial charge in [0.25, 0.3) is 0 Å². The van der Waals surface area contributed by atoms with Gasteiger partial charge in [0.1, 0.15) is 0 Å². The number of piperidine rings is 1. The van der Waals surface area contributed by atoms with Gasteiger partial charge in [0.15, 0.2) is 0 Å². The monoisotopic (exact) mass is 276 g/mol. The van der Waals surface area contributed by atoms with Crippen molar-refractivity contribution in [2.24, 2.45) is 5.92 Å². The first kappa shape index (κ1) is 14.5. The number of amides is 1. The molecule has 1 aliphatic heterocycles. The molecule has 0 spiro atoms. The molecule has 5 nitrogen and oxygen atoms in total. The van der Waals surface area contributed by atoms with Crippen molar-refractivity contribution in [1.82, 2.24) is 5.32 Å². The minimum Gasteiger partial charge on any atom is -0.478 e. The highest BCUT2D eigenvalue weighted by Gasteiger charge is 2.24. The number of hydrogen-bond acceptors (Lipinski definition) is 3. The van der Waals surface area contributed by atoms with E-state index in [-0.39, 0.29) is 17.4 Å². The van der Waals surface area contributed by atoms with Gasteiger partial charge in [-0.25, -0.2) is 4.79 Å². The maximum atomic E-state index is 12.2. The molecule has 0 bridgehead atoms. The van der Waals surface area contributed by atoms with Gasteiger partial charge in [-0.1, -0.05) is 0 Å². The summed E-state index contributed by atoms with van der Waals surface area (Å²) in [6, 6.07) is 5.22.